The molecule has 1 aliphatic heterocycles. The molecule has 0 amide bonds. The molecular formula is C9H5N3. The van der Waals surface area contributed by atoms with Crippen LogP contribution in [-0.2, 0) is 0 Å². The SMILES string of the molecule is C1=c2ccccc2=C2N=NN=C12. The van der Waals surface area contributed by atoms with Crippen LogP contribution in [-0.4, -0.2) is 5.71 Å². The number of rotatable bonds is 0. The molecule has 0 fully saturated rings. The molecule has 3 heteroatoms. The van der Waals surface area contributed by atoms with Crippen molar-refractivity contribution in [3.63, 3.8) is 0 Å². The average molecular weight is 155 g/mol. The van der Waals surface area contributed by atoms with Crippen LogP contribution in [0.4, 0.5) is 0 Å². The Morgan fingerprint density at radius 1 is 1.08 bits per heavy atom. The Bertz CT molecular complexity index is 523. The Morgan fingerprint density at radius 2 is 2.00 bits per heavy atom. The standard InChI is InChI=1S/C9H5N3/c1-2-4-7-6(3-1)5-8-9(7)11-12-10-8/h1-5H. The molecule has 0 bridgehead atoms. The van der Waals surface area contributed by atoms with Crippen LogP contribution in [0.3, 0.4) is 0 Å². The van der Waals surface area contributed by atoms with Crippen molar-refractivity contribution >= 4 is 17.5 Å². The fourth-order valence-electron chi connectivity index (χ4n) is 1.49. The van der Waals surface area contributed by atoms with Crippen LogP contribution in [0.25, 0.3) is 11.8 Å². The minimum Gasteiger partial charge on any atom is -0.128 e. The lowest BCUT2D eigenvalue weighted by Gasteiger charge is -1.83. The van der Waals surface area contributed by atoms with Gasteiger partial charge in [-0.2, -0.15) is 0 Å². The maximum Gasteiger partial charge on any atom is 0.123 e. The maximum atomic E-state index is 3.95. The van der Waals surface area contributed by atoms with Gasteiger partial charge < -0.3 is 0 Å². The van der Waals surface area contributed by atoms with Crippen molar-refractivity contribution in [3.05, 3.63) is 34.7 Å². The molecule has 0 aromatic heterocycles. The van der Waals surface area contributed by atoms with E-state index in [4.69, 9.17) is 0 Å². The van der Waals surface area contributed by atoms with Crippen molar-refractivity contribution in [2.45, 2.75) is 0 Å². The van der Waals surface area contributed by atoms with Crippen molar-refractivity contribution in [3.8, 4) is 0 Å². The molecule has 0 saturated heterocycles. The van der Waals surface area contributed by atoms with E-state index in [-0.39, 0.29) is 0 Å². The van der Waals surface area contributed by atoms with Gasteiger partial charge in [0.15, 0.2) is 0 Å². The summed E-state index contributed by atoms with van der Waals surface area (Å²) in [6, 6.07) is 8.10. The summed E-state index contributed by atoms with van der Waals surface area (Å²) >= 11 is 0. The summed E-state index contributed by atoms with van der Waals surface area (Å²) in [6.07, 6.45) is 2.00. The molecule has 0 N–H and O–H groups in total. The number of hydrogen-bond acceptors (Lipinski definition) is 3. The number of nitrogens with zero attached hydrogens (tertiary/aromatic N) is 3. The fourth-order valence-corrected chi connectivity index (χ4v) is 1.49. The van der Waals surface area contributed by atoms with Crippen LogP contribution < -0.4 is 10.4 Å². The molecule has 1 heterocycles. The van der Waals surface area contributed by atoms with Crippen molar-refractivity contribution in [2.75, 3.05) is 0 Å². The Balaban J connectivity index is 2.59. The Labute approximate surface area is 68.4 Å². The van der Waals surface area contributed by atoms with Gasteiger partial charge in [0.2, 0.25) is 0 Å². The Kier molecular flexibility index (Phi) is 0.913. The molecule has 1 aromatic carbocycles. The van der Waals surface area contributed by atoms with Crippen molar-refractivity contribution < 1.29 is 0 Å². The first-order valence-electron chi connectivity index (χ1n) is 3.75. The van der Waals surface area contributed by atoms with Gasteiger partial charge in [-0.3, -0.25) is 0 Å². The van der Waals surface area contributed by atoms with Gasteiger partial charge in [0, 0.05) is 5.22 Å². The van der Waals surface area contributed by atoms with Gasteiger partial charge in [-0.25, -0.2) is 0 Å². The first-order chi connectivity index (χ1) is 5.95. The van der Waals surface area contributed by atoms with E-state index >= 15 is 0 Å². The van der Waals surface area contributed by atoms with E-state index in [1.807, 2.05) is 24.3 Å². The van der Waals surface area contributed by atoms with E-state index < -0.39 is 0 Å². The zero-order valence-corrected chi connectivity index (χ0v) is 6.23. The van der Waals surface area contributed by atoms with Crippen molar-refractivity contribution in [1.29, 1.82) is 0 Å². The lowest BCUT2D eigenvalue weighted by Crippen LogP contribution is -2.21. The zero-order chi connectivity index (χ0) is 7.97. The highest BCUT2D eigenvalue weighted by Crippen LogP contribution is 2.12. The predicted molar refractivity (Wildman–Crippen MR) is 45.9 cm³/mol. The van der Waals surface area contributed by atoms with Crippen LogP contribution in [0.2, 0.25) is 0 Å². The van der Waals surface area contributed by atoms with E-state index in [0.29, 0.717) is 0 Å². The predicted octanol–water partition coefficient (Wildman–Crippen LogP) is 0.411. The highest BCUT2D eigenvalue weighted by atomic mass is 15.4. The molecule has 0 spiro atoms. The van der Waals surface area contributed by atoms with E-state index in [1.54, 1.807) is 0 Å². The van der Waals surface area contributed by atoms with Gasteiger partial charge in [0.1, 0.15) is 11.4 Å². The number of fused-ring (bicyclic) bond motifs is 2. The van der Waals surface area contributed by atoms with E-state index in [9.17, 15) is 0 Å². The largest absolute Gasteiger partial charge is 0.128 e. The summed E-state index contributed by atoms with van der Waals surface area (Å²) in [6.45, 7) is 0. The quantitative estimate of drug-likeness (QED) is 0.520. The molecule has 3 rings (SSSR count). The van der Waals surface area contributed by atoms with Crippen LogP contribution in [0.5, 0.6) is 0 Å². The minimum atomic E-state index is 0.885. The summed E-state index contributed by atoms with van der Waals surface area (Å²) < 4.78 is 0. The normalized spacial score (nSPS) is 17.0. The average Bonchev–Trinajstić information content (AvgIpc) is 2.62. The summed E-state index contributed by atoms with van der Waals surface area (Å²) in [7, 11) is 0. The van der Waals surface area contributed by atoms with Crippen LogP contribution >= 0.6 is 0 Å². The third kappa shape index (κ3) is 0.580. The molecule has 1 aromatic rings. The van der Waals surface area contributed by atoms with E-state index in [2.05, 4.69) is 21.5 Å². The maximum absolute atomic E-state index is 3.95. The van der Waals surface area contributed by atoms with Gasteiger partial charge in [-0.1, -0.05) is 24.3 Å². The highest BCUT2D eigenvalue weighted by molar-refractivity contribution is 6.35. The number of hydrogen-bond donors (Lipinski definition) is 0. The first kappa shape index (κ1) is 5.83. The van der Waals surface area contributed by atoms with Gasteiger partial charge >= 0.3 is 0 Å². The molecule has 56 valence electrons. The van der Waals surface area contributed by atoms with Crippen LogP contribution in [0, 0.1) is 0 Å². The second-order valence-corrected chi connectivity index (χ2v) is 2.75. The monoisotopic (exact) mass is 155 g/mol. The highest BCUT2D eigenvalue weighted by Gasteiger charge is 2.15. The molecule has 0 saturated carbocycles. The molecule has 1 aliphatic carbocycles. The van der Waals surface area contributed by atoms with Crippen LogP contribution in [0.1, 0.15) is 0 Å². The van der Waals surface area contributed by atoms with Gasteiger partial charge in [0.25, 0.3) is 0 Å². The minimum absolute atomic E-state index is 0.885. The second kappa shape index (κ2) is 1.88. The molecule has 3 nitrogen and oxygen atoms in total. The Hall–Kier alpha value is -1.77. The summed E-state index contributed by atoms with van der Waals surface area (Å²) in [5.74, 6) is 0. The number of benzene rings is 1. The first-order valence-corrected chi connectivity index (χ1v) is 3.75. The van der Waals surface area contributed by atoms with E-state index in [1.165, 1.54) is 5.22 Å². The lowest BCUT2D eigenvalue weighted by molar-refractivity contribution is 1.11. The van der Waals surface area contributed by atoms with Crippen molar-refractivity contribution in [2.24, 2.45) is 15.4 Å². The van der Waals surface area contributed by atoms with Crippen molar-refractivity contribution in [1.82, 2.24) is 0 Å². The molecular weight excluding hydrogens is 150 g/mol. The van der Waals surface area contributed by atoms with Gasteiger partial charge in [-0.05, 0) is 16.5 Å². The second-order valence-electron chi connectivity index (χ2n) is 2.75. The molecule has 0 atom stereocenters. The van der Waals surface area contributed by atoms with E-state index in [0.717, 1.165) is 16.6 Å². The topological polar surface area (TPSA) is 37.1 Å². The fraction of sp³-hybridized carbons (Fsp3) is 0. The van der Waals surface area contributed by atoms with Gasteiger partial charge in [0.05, 0.1) is 0 Å². The van der Waals surface area contributed by atoms with Crippen LogP contribution in [0.15, 0.2) is 39.7 Å². The summed E-state index contributed by atoms with van der Waals surface area (Å²) in [5, 5.41) is 13.8. The Morgan fingerprint density at radius 3 is 3.00 bits per heavy atom. The summed E-state index contributed by atoms with van der Waals surface area (Å²) in [4.78, 5) is 0. The molecule has 0 unspecified atom stereocenters. The third-order valence-electron chi connectivity index (χ3n) is 2.05. The zero-order valence-electron chi connectivity index (χ0n) is 6.23. The molecule has 0 radical (unpaired) electrons. The smallest absolute Gasteiger partial charge is 0.123 e. The molecule has 2 aliphatic rings. The summed E-state index contributed by atoms with van der Waals surface area (Å²) in [5.41, 5.74) is 1.79. The molecule has 12 heavy (non-hydrogen) atoms. The van der Waals surface area contributed by atoms with Gasteiger partial charge in [-0.15, -0.1) is 10.2 Å². The third-order valence-corrected chi connectivity index (χ3v) is 2.05. The lowest BCUT2D eigenvalue weighted by atomic mass is 10.2.